The Morgan fingerprint density at radius 3 is 2.62 bits per heavy atom. The Balaban J connectivity index is 1.53. The first-order chi connectivity index (χ1) is 11.4. The van der Waals surface area contributed by atoms with Crippen molar-refractivity contribution < 1.29 is 4.79 Å². The van der Waals surface area contributed by atoms with Gasteiger partial charge in [-0.15, -0.1) is 0 Å². The van der Waals surface area contributed by atoms with E-state index in [0.29, 0.717) is 17.8 Å². The van der Waals surface area contributed by atoms with Crippen molar-refractivity contribution in [2.75, 3.05) is 53.1 Å². The number of anilines is 1. The lowest BCUT2D eigenvalue weighted by atomic mass is 9.70. The molecule has 0 radical (unpaired) electrons. The highest BCUT2D eigenvalue weighted by Crippen LogP contribution is 2.51. The van der Waals surface area contributed by atoms with E-state index in [1.165, 1.54) is 0 Å². The molecule has 1 spiro atoms. The SMILES string of the molecule is CN1CC(c2ccnc(N)n2)C2(C1)CN(C(=O)C1(N(C)C)CC1)C2. The van der Waals surface area contributed by atoms with E-state index in [-0.39, 0.29) is 11.0 Å². The van der Waals surface area contributed by atoms with Gasteiger partial charge in [-0.3, -0.25) is 9.69 Å². The molecule has 2 aliphatic heterocycles. The summed E-state index contributed by atoms with van der Waals surface area (Å²) in [5.74, 6) is 0.939. The van der Waals surface area contributed by atoms with E-state index in [1.54, 1.807) is 6.20 Å². The number of rotatable bonds is 3. The van der Waals surface area contributed by atoms with E-state index in [4.69, 9.17) is 5.73 Å². The minimum atomic E-state index is -0.235. The first-order valence-electron chi connectivity index (χ1n) is 8.60. The van der Waals surface area contributed by atoms with Gasteiger partial charge in [-0.25, -0.2) is 9.97 Å². The molecule has 7 heteroatoms. The molecule has 1 atom stereocenters. The molecular formula is C17H26N6O. The highest BCUT2D eigenvalue weighted by molar-refractivity contribution is 5.90. The van der Waals surface area contributed by atoms with Gasteiger partial charge in [0.25, 0.3) is 0 Å². The van der Waals surface area contributed by atoms with Gasteiger partial charge in [0.2, 0.25) is 11.9 Å². The Kier molecular flexibility index (Phi) is 3.37. The minimum Gasteiger partial charge on any atom is -0.368 e. The zero-order valence-electron chi connectivity index (χ0n) is 14.7. The van der Waals surface area contributed by atoms with Gasteiger partial charge in [-0.2, -0.15) is 0 Å². The van der Waals surface area contributed by atoms with Gasteiger partial charge in [0.15, 0.2) is 0 Å². The number of nitrogens with zero attached hydrogens (tertiary/aromatic N) is 5. The van der Waals surface area contributed by atoms with Crippen LogP contribution in [0.3, 0.4) is 0 Å². The van der Waals surface area contributed by atoms with Crippen LogP contribution in [0.15, 0.2) is 12.3 Å². The summed E-state index contributed by atoms with van der Waals surface area (Å²) in [6, 6.07) is 1.97. The second-order valence-electron chi connectivity index (χ2n) is 8.04. The number of nitrogens with two attached hydrogens (primary N) is 1. The summed E-state index contributed by atoms with van der Waals surface area (Å²) in [6.07, 6.45) is 3.69. The van der Waals surface area contributed by atoms with Crippen molar-refractivity contribution in [1.29, 1.82) is 0 Å². The standard InChI is InChI=1S/C17H26N6O/c1-21(2)17(5-6-17)14(24)23-10-16(11-23)9-22(3)8-12(16)13-4-7-19-15(18)20-13/h4,7,12H,5-6,8-11H2,1-3H3,(H2,18,19,20). The van der Waals surface area contributed by atoms with Crippen molar-refractivity contribution in [3.63, 3.8) is 0 Å². The molecule has 1 unspecified atom stereocenters. The van der Waals surface area contributed by atoms with Crippen molar-refractivity contribution in [2.45, 2.75) is 24.3 Å². The molecule has 1 aromatic rings. The van der Waals surface area contributed by atoms with Gasteiger partial charge >= 0.3 is 0 Å². The summed E-state index contributed by atoms with van der Waals surface area (Å²) in [4.78, 5) is 27.8. The molecule has 1 amide bonds. The number of likely N-dealkylation sites (N-methyl/N-ethyl adjacent to an activating group) is 2. The Morgan fingerprint density at radius 1 is 1.33 bits per heavy atom. The molecule has 3 aliphatic rings. The Morgan fingerprint density at radius 2 is 2.04 bits per heavy atom. The molecule has 1 aromatic heterocycles. The zero-order chi connectivity index (χ0) is 17.1. The van der Waals surface area contributed by atoms with Gasteiger partial charge in [-0.1, -0.05) is 0 Å². The maximum atomic E-state index is 12.9. The van der Waals surface area contributed by atoms with Crippen LogP contribution in [-0.4, -0.2) is 83.4 Å². The normalized spacial score (nSPS) is 27.5. The highest BCUT2D eigenvalue weighted by atomic mass is 16.2. The number of likely N-dealkylation sites (tertiary alicyclic amines) is 2. The number of hydrogen-bond acceptors (Lipinski definition) is 6. The van der Waals surface area contributed by atoms with Gasteiger partial charge in [-0.05, 0) is 40.1 Å². The lowest BCUT2D eigenvalue weighted by Gasteiger charge is -2.52. The molecule has 0 bridgehead atoms. The van der Waals surface area contributed by atoms with Gasteiger partial charge < -0.3 is 15.5 Å². The van der Waals surface area contributed by atoms with Crippen LogP contribution in [0.5, 0.6) is 0 Å². The van der Waals surface area contributed by atoms with Crippen molar-refractivity contribution in [1.82, 2.24) is 24.7 Å². The van der Waals surface area contributed by atoms with Crippen LogP contribution in [0.4, 0.5) is 5.95 Å². The van der Waals surface area contributed by atoms with Crippen LogP contribution in [0.2, 0.25) is 0 Å². The quantitative estimate of drug-likeness (QED) is 0.841. The Labute approximate surface area is 142 Å². The number of amides is 1. The van der Waals surface area contributed by atoms with Crippen LogP contribution in [0, 0.1) is 5.41 Å². The van der Waals surface area contributed by atoms with Gasteiger partial charge in [0.05, 0.1) is 5.69 Å². The molecule has 130 valence electrons. The van der Waals surface area contributed by atoms with E-state index in [0.717, 1.165) is 44.7 Å². The van der Waals surface area contributed by atoms with Gasteiger partial charge in [0, 0.05) is 43.7 Å². The molecule has 3 fully saturated rings. The second kappa shape index (κ2) is 5.13. The predicted octanol–water partition coefficient (Wildman–Crippen LogP) is 0.0106. The topological polar surface area (TPSA) is 78.6 Å². The predicted molar refractivity (Wildman–Crippen MR) is 91.3 cm³/mol. The van der Waals surface area contributed by atoms with Crippen molar-refractivity contribution in [3.8, 4) is 0 Å². The first kappa shape index (κ1) is 15.8. The summed E-state index contributed by atoms with van der Waals surface area (Å²) in [5.41, 5.74) is 6.65. The van der Waals surface area contributed by atoms with Crippen LogP contribution >= 0.6 is 0 Å². The van der Waals surface area contributed by atoms with Crippen molar-refractivity contribution >= 4 is 11.9 Å². The maximum absolute atomic E-state index is 12.9. The van der Waals surface area contributed by atoms with Crippen LogP contribution in [0.1, 0.15) is 24.5 Å². The molecule has 7 nitrogen and oxygen atoms in total. The van der Waals surface area contributed by atoms with E-state index in [1.807, 2.05) is 25.1 Å². The number of nitrogen functional groups attached to an aromatic ring is 1. The van der Waals surface area contributed by atoms with Crippen LogP contribution in [-0.2, 0) is 4.79 Å². The molecule has 1 aliphatic carbocycles. The van der Waals surface area contributed by atoms with Crippen molar-refractivity contribution in [3.05, 3.63) is 18.0 Å². The van der Waals surface area contributed by atoms with E-state index >= 15 is 0 Å². The second-order valence-corrected chi connectivity index (χ2v) is 8.04. The third kappa shape index (κ3) is 2.22. The monoisotopic (exact) mass is 330 g/mol. The molecule has 0 aromatic carbocycles. The summed E-state index contributed by atoms with van der Waals surface area (Å²) in [6.45, 7) is 3.60. The molecule has 3 heterocycles. The number of carbonyl (C=O) groups excluding carboxylic acids is 1. The fraction of sp³-hybridized carbons (Fsp3) is 0.706. The fourth-order valence-electron chi connectivity index (χ4n) is 4.65. The number of carbonyl (C=O) groups is 1. The molecule has 4 rings (SSSR count). The summed E-state index contributed by atoms with van der Waals surface area (Å²) >= 11 is 0. The highest BCUT2D eigenvalue weighted by Gasteiger charge is 2.61. The van der Waals surface area contributed by atoms with E-state index in [2.05, 4.69) is 26.8 Å². The fourth-order valence-corrected chi connectivity index (χ4v) is 4.65. The number of aromatic nitrogens is 2. The Bertz CT molecular complexity index is 665. The van der Waals surface area contributed by atoms with Crippen molar-refractivity contribution in [2.24, 2.45) is 5.41 Å². The summed E-state index contributed by atoms with van der Waals surface area (Å²) in [7, 11) is 6.16. The van der Waals surface area contributed by atoms with Crippen LogP contribution in [0.25, 0.3) is 0 Å². The molecular weight excluding hydrogens is 304 g/mol. The largest absolute Gasteiger partial charge is 0.368 e. The number of hydrogen-bond donors (Lipinski definition) is 1. The average Bonchev–Trinajstić information content (AvgIpc) is 3.23. The molecule has 1 saturated carbocycles. The third-order valence-corrected chi connectivity index (χ3v) is 6.15. The Hall–Kier alpha value is -1.73. The maximum Gasteiger partial charge on any atom is 0.243 e. The zero-order valence-corrected chi connectivity index (χ0v) is 14.7. The van der Waals surface area contributed by atoms with E-state index in [9.17, 15) is 4.79 Å². The lowest BCUT2D eigenvalue weighted by molar-refractivity contribution is -0.150. The van der Waals surface area contributed by atoms with E-state index < -0.39 is 0 Å². The smallest absolute Gasteiger partial charge is 0.243 e. The molecule has 24 heavy (non-hydrogen) atoms. The summed E-state index contributed by atoms with van der Waals surface area (Å²) in [5, 5.41) is 0. The lowest BCUT2D eigenvalue weighted by Crippen LogP contribution is -2.65. The average molecular weight is 330 g/mol. The molecule has 2 N–H and O–H groups in total. The van der Waals surface area contributed by atoms with Crippen LogP contribution < -0.4 is 5.73 Å². The molecule has 2 saturated heterocycles. The van der Waals surface area contributed by atoms with Gasteiger partial charge in [0.1, 0.15) is 5.54 Å². The summed E-state index contributed by atoms with van der Waals surface area (Å²) < 4.78 is 0. The minimum absolute atomic E-state index is 0.105. The first-order valence-corrected chi connectivity index (χ1v) is 8.60. The third-order valence-electron chi connectivity index (χ3n) is 6.15.